The van der Waals surface area contributed by atoms with Crippen LogP contribution in [0, 0.1) is 0 Å². The standard InChI is InChI=1S/C20H30O13/c1-27-10-4-8(5-11(28-2)18(10)29-3)32-20-17(26)15(24)14(23)12(33-20)7-31-19-16(25)13(22)9(21)6-30-19/h4-5,9,12-17,19-26H,6-7H2,1-3H3/t9-,12+,13+,14+,15-,16-,17+,19+,20-/m0/s1. The topological polar surface area (TPSA) is 186 Å². The minimum Gasteiger partial charge on any atom is -0.493 e. The van der Waals surface area contributed by atoms with Gasteiger partial charge in [0.25, 0.3) is 0 Å². The Balaban J connectivity index is 1.71. The van der Waals surface area contributed by atoms with E-state index >= 15 is 0 Å². The van der Waals surface area contributed by atoms with Gasteiger partial charge in [0.1, 0.15) is 48.5 Å². The third-order valence-corrected chi connectivity index (χ3v) is 5.44. The zero-order valence-corrected chi connectivity index (χ0v) is 18.3. The molecular formula is C20H30O13. The van der Waals surface area contributed by atoms with E-state index in [9.17, 15) is 30.6 Å². The second kappa shape index (κ2) is 11.0. The Hall–Kier alpha value is -1.94. The molecule has 0 saturated carbocycles. The van der Waals surface area contributed by atoms with Gasteiger partial charge in [0.15, 0.2) is 17.8 Å². The molecule has 2 heterocycles. The molecule has 0 bridgehead atoms. The molecule has 2 aliphatic rings. The van der Waals surface area contributed by atoms with Crippen LogP contribution in [0.3, 0.4) is 0 Å². The third-order valence-electron chi connectivity index (χ3n) is 5.44. The van der Waals surface area contributed by atoms with Gasteiger partial charge >= 0.3 is 0 Å². The first-order valence-electron chi connectivity index (χ1n) is 10.2. The minimum absolute atomic E-state index is 0.153. The predicted molar refractivity (Wildman–Crippen MR) is 107 cm³/mol. The van der Waals surface area contributed by atoms with E-state index in [-0.39, 0.29) is 23.9 Å². The Kier molecular flexibility index (Phi) is 8.55. The maximum atomic E-state index is 10.4. The fraction of sp³-hybridized carbons (Fsp3) is 0.700. The highest BCUT2D eigenvalue weighted by Crippen LogP contribution is 2.41. The van der Waals surface area contributed by atoms with Crippen LogP contribution < -0.4 is 18.9 Å². The Morgan fingerprint density at radius 1 is 0.788 bits per heavy atom. The Bertz CT molecular complexity index is 751. The van der Waals surface area contributed by atoms with Crippen molar-refractivity contribution >= 4 is 0 Å². The quantitative estimate of drug-likeness (QED) is 0.228. The predicted octanol–water partition coefficient (Wildman–Crippen LogP) is -2.65. The van der Waals surface area contributed by atoms with Gasteiger partial charge in [-0.15, -0.1) is 0 Å². The van der Waals surface area contributed by atoms with Gasteiger partial charge in [0.2, 0.25) is 12.0 Å². The Morgan fingerprint density at radius 2 is 1.39 bits per heavy atom. The molecule has 6 N–H and O–H groups in total. The average Bonchev–Trinajstić information content (AvgIpc) is 2.82. The Labute approximate surface area is 189 Å². The first-order valence-corrected chi connectivity index (χ1v) is 10.2. The normalized spacial score (nSPS) is 36.8. The molecule has 0 radical (unpaired) electrons. The van der Waals surface area contributed by atoms with Crippen molar-refractivity contribution in [2.24, 2.45) is 0 Å². The lowest BCUT2D eigenvalue weighted by atomic mass is 9.99. The summed E-state index contributed by atoms with van der Waals surface area (Å²) in [5.41, 5.74) is 0. The fourth-order valence-electron chi connectivity index (χ4n) is 3.53. The monoisotopic (exact) mass is 478 g/mol. The third kappa shape index (κ3) is 5.42. The molecule has 0 aliphatic carbocycles. The second-order valence-corrected chi connectivity index (χ2v) is 7.58. The summed E-state index contributed by atoms with van der Waals surface area (Å²) in [6, 6.07) is 2.92. The van der Waals surface area contributed by atoms with E-state index in [1.54, 1.807) is 0 Å². The van der Waals surface area contributed by atoms with Gasteiger partial charge in [-0.25, -0.2) is 0 Å². The number of aliphatic hydroxyl groups excluding tert-OH is 6. The van der Waals surface area contributed by atoms with Crippen molar-refractivity contribution in [3.63, 3.8) is 0 Å². The lowest BCUT2D eigenvalue weighted by molar-refractivity contribution is -0.307. The van der Waals surface area contributed by atoms with Gasteiger partial charge in [-0.05, 0) is 0 Å². The number of hydrogen-bond acceptors (Lipinski definition) is 13. The highest BCUT2D eigenvalue weighted by molar-refractivity contribution is 5.55. The second-order valence-electron chi connectivity index (χ2n) is 7.58. The van der Waals surface area contributed by atoms with E-state index in [0.717, 1.165) is 0 Å². The maximum Gasteiger partial charge on any atom is 0.229 e. The van der Waals surface area contributed by atoms with Crippen LogP contribution in [0.2, 0.25) is 0 Å². The van der Waals surface area contributed by atoms with Crippen LogP contribution in [0.1, 0.15) is 0 Å². The van der Waals surface area contributed by atoms with E-state index in [1.165, 1.54) is 33.5 Å². The lowest BCUT2D eigenvalue weighted by Crippen LogP contribution is -2.61. The lowest BCUT2D eigenvalue weighted by Gasteiger charge is -2.41. The number of hydrogen-bond donors (Lipinski definition) is 6. The highest BCUT2D eigenvalue weighted by Gasteiger charge is 2.46. The van der Waals surface area contributed by atoms with Crippen molar-refractivity contribution in [1.82, 2.24) is 0 Å². The zero-order chi connectivity index (χ0) is 24.3. The van der Waals surface area contributed by atoms with E-state index in [4.69, 9.17) is 33.2 Å². The van der Waals surface area contributed by atoms with Gasteiger partial charge in [-0.1, -0.05) is 0 Å². The summed E-state index contributed by atoms with van der Waals surface area (Å²) in [5, 5.41) is 60.2. The van der Waals surface area contributed by atoms with Crippen molar-refractivity contribution in [3.05, 3.63) is 12.1 Å². The number of rotatable bonds is 8. The molecule has 1 aromatic rings. The number of benzene rings is 1. The number of aliphatic hydroxyl groups is 6. The molecule has 2 saturated heterocycles. The molecule has 33 heavy (non-hydrogen) atoms. The smallest absolute Gasteiger partial charge is 0.229 e. The van der Waals surface area contributed by atoms with Gasteiger partial charge in [-0.2, -0.15) is 0 Å². The average molecular weight is 478 g/mol. The largest absolute Gasteiger partial charge is 0.493 e. The van der Waals surface area contributed by atoms with Crippen LogP contribution in [0.25, 0.3) is 0 Å². The van der Waals surface area contributed by atoms with Crippen molar-refractivity contribution in [1.29, 1.82) is 0 Å². The summed E-state index contributed by atoms with van der Waals surface area (Å²) < 4.78 is 37.5. The fourth-order valence-corrected chi connectivity index (χ4v) is 3.53. The van der Waals surface area contributed by atoms with Crippen LogP contribution in [0.4, 0.5) is 0 Å². The molecule has 0 spiro atoms. The number of ether oxygens (including phenoxy) is 7. The summed E-state index contributed by atoms with van der Waals surface area (Å²) in [4.78, 5) is 0. The first-order chi connectivity index (χ1) is 15.7. The van der Waals surface area contributed by atoms with Crippen molar-refractivity contribution in [3.8, 4) is 23.0 Å². The summed E-state index contributed by atoms with van der Waals surface area (Å²) in [6.45, 7) is -0.671. The van der Waals surface area contributed by atoms with E-state index in [0.29, 0.717) is 5.75 Å². The number of methoxy groups -OCH3 is 3. The molecule has 0 aromatic heterocycles. The highest BCUT2D eigenvalue weighted by atomic mass is 16.7. The van der Waals surface area contributed by atoms with E-state index in [2.05, 4.69) is 0 Å². The van der Waals surface area contributed by atoms with Gasteiger partial charge in [-0.3, -0.25) is 0 Å². The van der Waals surface area contributed by atoms with Crippen LogP contribution in [-0.4, -0.2) is 120 Å². The SMILES string of the molecule is COc1cc(O[C@H]2O[C@H](CO[C@H]3OC[C@H](O)[C@@H](O)[C@@H]3O)[C@@H](O)[C@H](O)[C@H]2O)cc(OC)c1OC. The summed E-state index contributed by atoms with van der Waals surface area (Å²) in [7, 11) is 4.26. The molecule has 0 amide bonds. The molecule has 13 nitrogen and oxygen atoms in total. The zero-order valence-electron chi connectivity index (χ0n) is 18.3. The summed E-state index contributed by atoms with van der Waals surface area (Å²) in [5.74, 6) is 1.03. The summed E-state index contributed by atoms with van der Waals surface area (Å²) >= 11 is 0. The van der Waals surface area contributed by atoms with Crippen LogP contribution in [0.15, 0.2) is 12.1 Å². The van der Waals surface area contributed by atoms with Crippen LogP contribution >= 0.6 is 0 Å². The molecular weight excluding hydrogens is 448 g/mol. The molecule has 1 aromatic carbocycles. The van der Waals surface area contributed by atoms with Gasteiger partial charge < -0.3 is 63.8 Å². The molecule has 2 aliphatic heterocycles. The van der Waals surface area contributed by atoms with Crippen LogP contribution in [-0.2, 0) is 14.2 Å². The van der Waals surface area contributed by atoms with Crippen LogP contribution in [0.5, 0.6) is 23.0 Å². The van der Waals surface area contributed by atoms with Crippen molar-refractivity contribution in [2.75, 3.05) is 34.5 Å². The van der Waals surface area contributed by atoms with E-state index in [1.807, 2.05) is 0 Å². The van der Waals surface area contributed by atoms with Gasteiger partial charge in [0, 0.05) is 12.1 Å². The minimum atomic E-state index is -1.65. The molecule has 188 valence electrons. The molecule has 9 atom stereocenters. The van der Waals surface area contributed by atoms with Gasteiger partial charge in [0.05, 0.1) is 34.5 Å². The van der Waals surface area contributed by atoms with E-state index < -0.39 is 61.9 Å². The molecule has 0 unspecified atom stereocenters. The summed E-state index contributed by atoms with van der Waals surface area (Å²) in [6.07, 6.45) is -13.1. The van der Waals surface area contributed by atoms with Crippen molar-refractivity contribution in [2.45, 2.75) is 55.3 Å². The molecule has 13 heteroatoms. The Morgan fingerprint density at radius 3 is 1.97 bits per heavy atom. The first kappa shape index (κ1) is 25.7. The molecule has 3 rings (SSSR count). The maximum absolute atomic E-state index is 10.4. The molecule has 2 fully saturated rings. The van der Waals surface area contributed by atoms with Crippen molar-refractivity contribution < 1.29 is 63.8 Å².